The number of benzene rings is 1. The summed E-state index contributed by atoms with van der Waals surface area (Å²) in [6, 6.07) is 10.0. The standard InChI is InChI=1S/C17H24N2O2/c1-12(2)20-16-7-5-6-15(8-16)17(9-18)19-10-13(3)21-14(4)11-19/h5-8,12-14,17H,10-11H2,1-4H3. The molecule has 1 aliphatic heterocycles. The van der Waals surface area contributed by atoms with Crippen molar-refractivity contribution in [3.8, 4) is 11.8 Å². The number of ether oxygens (including phenoxy) is 2. The van der Waals surface area contributed by atoms with Crippen LogP contribution in [0.3, 0.4) is 0 Å². The van der Waals surface area contributed by atoms with Crippen LogP contribution in [0.2, 0.25) is 0 Å². The Hall–Kier alpha value is -1.57. The molecule has 1 aliphatic rings. The number of nitriles is 1. The van der Waals surface area contributed by atoms with E-state index in [9.17, 15) is 5.26 Å². The Labute approximate surface area is 127 Å². The Morgan fingerprint density at radius 1 is 1.29 bits per heavy atom. The van der Waals surface area contributed by atoms with Gasteiger partial charge in [-0.3, -0.25) is 4.90 Å². The van der Waals surface area contributed by atoms with Crippen LogP contribution in [0.15, 0.2) is 24.3 Å². The molecule has 0 aromatic heterocycles. The Balaban J connectivity index is 2.19. The molecular weight excluding hydrogens is 264 g/mol. The Bertz CT molecular complexity index is 500. The van der Waals surface area contributed by atoms with Crippen molar-refractivity contribution in [1.82, 2.24) is 4.90 Å². The molecule has 4 heteroatoms. The normalized spacial score (nSPS) is 24.6. The maximum Gasteiger partial charge on any atom is 0.124 e. The van der Waals surface area contributed by atoms with Crippen LogP contribution in [0, 0.1) is 11.3 Å². The van der Waals surface area contributed by atoms with Crippen molar-refractivity contribution in [2.75, 3.05) is 13.1 Å². The molecule has 3 atom stereocenters. The summed E-state index contributed by atoms with van der Waals surface area (Å²) < 4.78 is 11.5. The highest BCUT2D eigenvalue weighted by atomic mass is 16.5. The van der Waals surface area contributed by atoms with E-state index in [0.717, 1.165) is 24.4 Å². The Morgan fingerprint density at radius 2 is 1.95 bits per heavy atom. The van der Waals surface area contributed by atoms with Gasteiger partial charge in [0.15, 0.2) is 0 Å². The van der Waals surface area contributed by atoms with Crippen molar-refractivity contribution in [3.05, 3.63) is 29.8 Å². The van der Waals surface area contributed by atoms with E-state index in [-0.39, 0.29) is 24.4 Å². The zero-order valence-electron chi connectivity index (χ0n) is 13.2. The predicted molar refractivity (Wildman–Crippen MR) is 82.1 cm³/mol. The molecule has 1 fully saturated rings. The number of rotatable bonds is 4. The summed E-state index contributed by atoms with van der Waals surface area (Å²) in [7, 11) is 0. The lowest BCUT2D eigenvalue weighted by Gasteiger charge is -2.37. The summed E-state index contributed by atoms with van der Waals surface area (Å²) in [6.45, 7) is 9.65. The number of hydrogen-bond acceptors (Lipinski definition) is 4. The second kappa shape index (κ2) is 6.93. The topological polar surface area (TPSA) is 45.5 Å². The van der Waals surface area contributed by atoms with Crippen molar-refractivity contribution in [2.45, 2.75) is 52.0 Å². The van der Waals surface area contributed by atoms with Crippen molar-refractivity contribution >= 4 is 0 Å². The van der Waals surface area contributed by atoms with E-state index >= 15 is 0 Å². The monoisotopic (exact) mass is 288 g/mol. The van der Waals surface area contributed by atoms with Crippen molar-refractivity contribution in [3.63, 3.8) is 0 Å². The first-order valence-corrected chi connectivity index (χ1v) is 7.55. The molecule has 0 N–H and O–H groups in total. The molecule has 1 aromatic rings. The molecule has 0 aliphatic carbocycles. The smallest absolute Gasteiger partial charge is 0.124 e. The van der Waals surface area contributed by atoms with Crippen LogP contribution < -0.4 is 4.74 Å². The fourth-order valence-electron chi connectivity index (χ4n) is 2.83. The summed E-state index contributed by atoms with van der Waals surface area (Å²) in [5.41, 5.74) is 0.983. The quantitative estimate of drug-likeness (QED) is 0.854. The molecular formula is C17H24N2O2. The van der Waals surface area contributed by atoms with Gasteiger partial charge in [0.1, 0.15) is 11.8 Å². The third-order valence-corrected chi connectivity index (χ3v) is 3.48. The molecule has 0 amide bonds. The average Bonchev–Trinajstić information content (AvgIpc) is 2.38. The first-order valence-electron chi connectivity index (χ1n) is 7.55. The van der Waals surface area contributed by atoms with E-state index in [0.29, 0.717) is 0 Å². The predicted octanol–water partition coefficient (Wildman–Crippen LogP) is 3.15. The van der Waals surface area contributed by atoms with Gasteiger partial charge in [-0.15, -0.1) is 0 Å². The molecule has 2 rings (SSSR count). The van der Waals surface area contributed by atoms with E-state index < -0.39 is 0 Å². The molecule has 1 heterocycles. The molecule has 0 bridgehead atoms. The van der Waals surface area contributed by atoms with E-state index in [1.807, 2.05) is 38.1 Å². The summed E-state index contributed by atoms with van der Waals surface area (Å²) in [4.78, 5) is 2.19. The molecule has 1 aromatic carbocycles. The molecule has 3 unspecified atom stereocenters. The molecule has 4 nitrogen and oxygen atoms in total. The summed E-state index contributed by atoms with van der Waals surface area (Å²) >= 11 is 0. The van der Waals surface area contributed by atoms with Crippen LogP contribution in [-0.4, -0.2) is 36.3 Å². The Kier molecular flexibility index (Phi) is 5.22. The fourth-order valence-corrected chi connectivity index (χ4v) is 2.83. The second-order valence-electron chi connectivity index (χ2n) is 5.98. The van der Waals surface area contributed by atoms with E-state index in [2.05, 4.69) is 24.8 Å². The minimum absolute atomic E-state index is 0.129. The third kappa shape index (κ3) is 4.20. The highest BCUT2D eigenvalue weighted by Crippen LogP contribution is 2.27. The lowest BCUT2D eigenvalue weighted by Crippen LogP contribution is -2.46. The SMILES string of the molecule is CC(C)Oc1cccc(C(C#N)N2CC(C)OC(C)C2)c1. The lowest BCUT2D eigenvalue weighted by molar-refractivity contribution is -0.0750. The largest absolute Gasteiger partial charge is 0.491 e. The molecule has 0 spiro atoms. The van der Waals surface area contributed by atoms with Crippen molar-refractivity contribution < 1.29 is 9.47 Å². The van der Waals surface area contributed by atoms with Gasteiger partial charge in [0.25, 0.3) is 0 Å². The zero-order chi connectivity index (χ0) is 15.4. The van der Waals surface area contributed by atoms with Gasteiger partial charge in [0, 0.05) is 13.1 Å². The highest BCUT2D eigenvalue weighted by Gasteiger charge is 2.29. The molecule has 1 saturated heterocycles. The van der Waals surface area contributed by atoms with Crippen LogP contribution in [-0.2, 0) is 4.74 Å². The van der Waals surface area contributed by atoms with Crippen LogP contribution >= 0.6 is 0 Å². The van der Waals surface area contributed by atoms with Crippen molar-refractivity contribution in [2.24, 2.45) is 0 Å². The van der Waals surface area contributed by atoms with Gasteiger partial charge < -0.3 is 9.47 Å². The van der Waals surface area contributed by atoms with Gasteiger partial charge in [0.05, 0.1) is 24.4 Å². The van der Waals surface area contributed by atoms with Gasteiger partial charge >= 0.3 is 0 Å². The molecule has 0 saturated carbocycles. The average molecular weight is 288 g/mol. The number of morpholine rings is 1. The fraction of sp³-hybridized carbons (Fsp3) is 0.588. The van der Waals surface area contributed by atoms with Crippen LogP contribution in [0.5, 0.6) is 5.75 Å². The van der Waals surface area contributed by atoms with Gasteiger partial charge in [-0.25, -0.2) is 0 Å². The van der Waals surface area contributed by atoms with Gasteiger partial charge in [-0.05, 0) is 45.4 Å². The summed E-state index contributed by atoms with van der Waals surface area (Å²) in [5.74, 6) is 0.817. The number of nitrogens with zero attached hydrogens (tertiary/aromatic N) is 2. The second-order valence-corrected chi connectivity index (χ2v) is 5.98. The molecule has 21 heavy (non-hydrogen) atoms. The highest BCUT2D eigenvalue weighted by molar-refractivity contribution is 5.33. The van der Waals surface area contributed by atoms with Gasteiger partial charge in [-0.2, -0.15) is 5.26 Å². The van der Waals surface area contributed by atoms with E-state index in [4.69, 9.17) is 9.47 Å². The van der Waals surface area contributed by atoms with E-state index in [1.165, 1.54) is 0 Å². The maximum absolute atomic E-state index is 9.60. The van der Waals surface area contributed by atoms with Gasteiger partial charge in [-0.1, -0.05) is 12.1 Å². The first kappa shape index (κ1) is 15.8. The lowest BCUT2D eigenvalue weighted by atomic mass is 10.0. The summed E-state index contributed by atoms with van der Waals surface area (Å²) in [5, 5.41) is 9.60. The van der Waals surface area contributed by atoms with Gasteiger partial charge in [0.2, 0.25) is 0 Å². The van der Waals surface area contributed by atoms with E-state index in [1.54, 1.807) is 0 Å². The Morgan fingerprint density at radius 3 is 2.52 bits per heavy atom. The van der Waals surface area contributed by atoms with Crippen molar-refractivity contribution in [1.29, 1.82) is 5.26 Å². The third-order valence-electron chi connectivity index (χ3n) is 3.48. The van der Waals surface area contributed by atoms with Crippen LogP contribution in [0.25, 0.3) is 0 Å². The van der Waals surface area contributed by atoms with Crippen LogP contribution in [0.4, 0.5) is 0 Å². The molecule has 114 valence electrons. The minimum Gasteiger partial charge on any atom is -0.491 e. The number of hydrogen-bond donors (Lipinski definition) is 0. The molecule has 0 radical (unpaired) electrons. The summed E-state index contributed by atoms with van der Waals surface area (Å²) in [6.07, 6.45) is 0.434. The zero-order valence-corrected chi connectivity index (χ0v) is 13.2. The van der Waals surface area contributed by atoms with Crippen LogP contribution in [0.1, 0.15) is 39.3 Å². The first-order chi connectivity index (χ1) is 9.99. The maximum atomic E-state index is 9.60. The minimum atomic E-state index is -0.255.